The topological polar surface area (TPSA) is 69.0 Å². The fourth-order valence-electron chi connectivity index (χ4n) is 2.46. The molecule has 1 heterocycles. The molecule has 0 spiro atoms. The molecule has 152 valence electrons. The van der Waals surface area contributed by atoms with Crippen molar-refractivity contribution < 1.29 is 18.3 Å². The molecule has 6 nitrogen and oxygen atoms in total. The monoisotopic (exact) mass is 438 g/mol. The molecule has 0 unspecified atom stereocenters. The molecular weight excluding hydrogens is 422 g/mol. The van der Waals surface area contributed by atoms with Gasteiger partial charge in [0.2, 0.25) is 5.91 Å². The zero-order valence-electron chi connectivity index (χ0n) is 15.3. The van der Waals surface area contributed by atoms with E-state index in [4.69, 9.17) is 11.6 Å². The van der Waals surface area contributed by atoms with Crippen LogP contribution in [0, 0.1) is 0 Å². The van der Waals surface area contributed by atoms with Crippen LogP contribution in [0.15, 0.2) is 53.7 Å². The highest BCUT2D eigenvalue weighted by Crippen LogP contribution is 2.25. The highest BCUT2D eigenvalue weighted by Gasteiger charge is 2.13. The molecule has 3 rings (SSSR count). The zero-order chi connectivity index (χ0) is 20.8. The number of halogens is 3. The second-order valence-electron chi connectivity index (χ2n) is 5.96. The Morgan fingerprint density at radius 3 is 2.52 bits per heavy atom. The molecule has 1 N–H and O–H groups in total. The van der Waals surface area contributed by atoms with E-state index in [0.717, 1.165) is 5.56 Å². The summed E-state index contributed by atoms with van der Waals surface area (Å²) in [6, 6.07) is 13.4. The lowest BCUT2D eigenvalue weighted by Crippen LogP contribution is -2.24. The Morgan fingerprint density at radius 1 is 1.17 bits per heavy atom. The van der Waals surface area contributed by atoms with Gasteiger partial charge in [0.15, 0.2) is 11.0 Å². The molecule has 2 aromatic carbocycles. The number of ether oxygens (including phenoxy) is 1. The number of rotatable bonds is 8. The summed E-state index contributed by atoms with van der Waals surface area (Å²) in [7, 11) is 1.77. The molecule has 1 amide bonds. The first-order valence-electron chi connectivity index (χ1n) is 8.51. The fourth-order valence-corrected chi connectivity index (χ4v) is 3.33. The Hall–Kier alpha value is -2.65. The molecule has 0 radical (unpaired) electrons. The molecule has 3 aromatic rings. The second kappa shape index (κ2) is 9.71. The van der Waals surface area contributed by atoms with Crippen molar-refractivity contribution in [2.24, 2.45) is 7.05 Å². The lowest BCUT2D eigenvalue weighted by molar-refractivity contribution is -0.118. The van der Waals surface area contributed by atoms with Gasteiger partial charge in [-0.15, -0.1) is 10.2 Å². The largest absolute Gasteiger partial charge is 0.435 e. The van der Waals surface area contributed by atoms with Crippen LogP contribution in [0.3, 0.4) is 0 Å². The van der Waals surface area contributed by atoms with E-state index < -0.39 is 6.61 Å². The predicted molar refractivity (Wildman–Crippen MR) is 107 cm³/mol. The van der Waals surface area contributed by atoms with Gasteiger partial charge in [0.1, 0.15) is 5.75 Å². The number of hydrogen-bond donors (Lipinski definition) is 1. The van der Waals surface area contributed by atoms with Crippen molar-refractivity contribution in [3.05, 3.63) is 59.1 Å². The van der Waals surface area contributed by atoms with E-state index in [1.165, 1.54) is 23.9 Å². The summed E-state index contributed by atoms with van der Waals surface area (Å²) in [5.41, 5.74) is 1.65. The van der Waals surface area contributed by atoms with Crippen molar-refractivity contribution in [2.75, 3.05) is 5.75 Å². The summed E-state index contributed by atoms with van der Waals surface area (Å²) >= 11 is 7.09. The van der Waals surface area contributed by atoms with Crippen molar-refractivity contribution in [3.63, 3.8) is 0 Å². The molecule has 0 saturated heterocycles. The van der Waals surface area contributed by atoms with E-state index in [9.17, 15) is 13.6 Å². The number of thioether (sulfide) groups is 1. The molecule has 10 heteroatoms. The third-order valence-corrected chi connectivity index (χ3v) is 5.18. The fraction of sp³-hybridized carbons (Fsp3) is 0.211. The van der Waals surface area contributed by atoms with Crippen molar-refractivity contribution >= 4 is 29.3 Å². The van der Waals surface area contributed by atoms with E-state index in [1.54, 1.807) is 35.9 Å². The van der Waals surface area contributed by atoms with Gasteiger partial charge in [-0.1, -0.05) is 35.5 Å². The highest BCUT2D eigenvalue weighted by atomic mass is 35.5. The van der Waals surface area contributed by atoms with Gasteiger partial charge < -0.3 is 14.6 Å². The number of aromatic nitrogens is 3. The van der Waals surface area contributed by atoms with Crippen LogP contribution in [-0.4, -0.2) is 33.0 Å². The summed E-state index contributed by atoms with van der Waals surface area (Å²) in [5.74, 6) is 0.666. The van der Waals surface area contributed by atoms with Gasteiger partial charge >= 0.3 is 6.61 Å². The summed E-state index contributed by atoms with van der Waals surface area (Å²) in [4.78, 5) is 12.1. The summed E-state index contributed by atoms with van der Waals surface area (Å²) in [5, 5.41) is 12.2. The number of carbonyl (C=O) groups is 1. The number of amides is 1. The highest BCUT2D eigenvalue weighted by molar-refractivity contribution is 7.99. The standard InChI is InChI=1S/C19H17ClF2N4O2S/c1-26-17(13-4-8-15(9-5-13)28-18(21)22)24-25-19(26)29-11-16(27)23-10-12-2-6-14(20)7-3-12/h2-9,18H,10-11H2,1H3,(H,23,27). The second-order valence-corrected chi connectivity index (χ2v) is 7.34. The van der Waals surface area contributed by atoms with Crippen LogP contribution >= 0.6 is 23.4 Å². The summed E-state index contributed by atoms with van der Waals surface area (Å²) in [6.45, 7) is -2.46. The van der Waals surface area contributed by atoms with E-state index in [-0.39, 0.29) is 17.4 Å². The third kappa shape index (κ3) is 5.91. The molecular formula is C19H17ClF2N4O2S. The third-order valence-electron chi connectivity index (χ3n) is 3.91. The van der Waals surface area contributed by atoms with Crippen molar-refractivity contribution in [1.29, 1.82) is 0 Å². The Morgan fingerprint density at radius 2 is 1.86 bits per heavy atom. The zero-order valence-corrected chi connectivity index (χ0v) is 16.9. The molecule has 0 aliphatic rings. The van der Waals surface area contributed by atoms with E-state index >= 15 is 0 Å². The van der Waals surface area contributed by atoms with Gasteiger partial charge in [0, 0.05) is 24.2 Å². The Kier molecular flexibility index (Phi) is 7.05. The maximum absolute atomic E-state index is 12.2. The molecule has 0 saturated carbocycles. The van der Waals surface area contributed by atoms with Crippen LogP contribution in [0.4, 0.5) is 8.78 Å². The number of carbonyl (C=O) groups excluding carboxylic acids is 1. The van der Waals surface area contributed by atoms with Gasteiger partial charge in [0.25, 0.3) is 0 Å². The maximum atomic E-state index is 12.2. The first-order chi connectivity index (χ1) is 13.9. The van der Waals surface area contributed by atoms with Crippen LogP contribution in [-0.2, 0) is 18.4 Å². The minimum absolute atomic E-state index is 0.0675. The van der Waals surface area contributed by atoms with Gasteiger partial charge in [-0.3, -0.25) is 4.79 Å². The van der Waals surface area contributed by atoms with Crippen molar-refractivity contribution in [3.8, 4) is 17.1 Å². The number of benzene rings is 2. The Labute approximate surface area is 175 Å². The minimum Gasteiger partial charge on any atom is -0.435 e. The Bertz CT molecular complexity index is 965. The number of nitrogens with zero attached hydrogens (tertiary/aromatic N) is 3. The van der Waals surface area contributed by atoms with Gasteiger partial charge in [-0.2, -0.15) is 8.78 Å². The normalized spacial score (nSPS) is 10.9. The lowest BCUT2D eigenvalue weighted by Gasteiger charge is -2.07. The van der Waals surface area contributed by atoms with Crippen LogP contribution < -0.4 is 10.1 Å². The Balaban J connectivity index is 1.55. The van der Waals surface area contributed by atoms with Crippen molar-refractivity contribution in [1.82, 2.24) is 20.1 Å². The average molecular weight is 439 g/mol. The first-order valence-corrected chi connectivity index (χ1v) is 9.87. The van der Waals surface area contributed by atoms with Gasteiger partial charge in [0.05, 0.1) is 5.75 Å². The van der Waals surface area contributed by atoms with E-state index in [0.29, 0.717) is 28.1 Å². The SMILES string of the molecule is Cn1c(SCC(=O)NCc2ccc(Cl)cc2)nnc1-c1ccc(OC(F)F)cc1. The van der Waals surface area contributed by atoms with Gasteiger partial charge in [-0.25, -0.2) is 0 Å². The molecule has 0 aliphatic heterocycles. The predicted octanol–water partition coefficient (Wildman–Crippen LogP) is 4.15. The smallest absolute Gasteiger partial charge is 0.387 e. The number of hydrogen-bond acceptors (Lipinski definition) is 5. The van der Waals surface area contributed by atoms with Gasteiger partial charge in [-0.05, 0) is 42.0 Å². The van der Waals surface area contributed by atoms with Crippen LogP contribution in [0.25, 0.3) is 11.4 Å². The van der Waals surface area contributed by atoms with Crippen LogP contribution in [0.1, 0.15) is 5.56 Å². The molecule has 29 heavy (non-hydrogen) atoms. The summed E-state index contributed by atoms with van der Waals surface area (Å²) in [6.07, 6.45) is 0. The lowest BCUT2D eigenvalue weighted by atomic mass is 10.2. The van der Waals surface area contributed by atoms with Crippen LogP contribution in [0.5, 0.6) is 5.75 Å². The minimum atomic E-state index is -2.87. The molecule has 0 aliphatic carbocycles. The molecule has 0 atom stereocenters. The number of alkyl halides is 2. The number of nitrogens with one attached hydrogen (secondary N) is 1. The maximum Gasteiger partial charge on any atom is 0.387 e. The first kappa shape index (κ1) is 21.1. The van der Waals surface area contributed by atoms with E-state index in [2.05, 4.69) is 20.3 Å². The summed E-state index contributed by atoms with van der Waals surface area (Å²) < 4.78 is 30.5. The average Bonchev–Trinajstić information content (AvgIpc) is 3.06. The van der Waals surface area contributed by atoms with Crippen molar-refractivity contribution in [2.45, 2.75) is 18.3 Å². The molecule has 0 fully saturated rings. The molecule has 1 aromatic heterocycles. The molecule has 0 bridgehead atoms. The van der Waals surface area contributed by atoms with E-state index in [1.807, 2.05) is 12.1 Å². The quantitative estimate of drug-likeness (QED) is 0.535. The van der Waals surface area contributed by atoms with Crippen LogP contribution in [0.2, 0.25) is 5.02 Å².